The molecule has 2 aromatic heterocycles. The van der Waals surface area contributed by atoms with Gasteiger partial charge in [-0.05, 0) is 28.9 Å². The zero-order valence-corrected chi connectivity index (χ0v) is 13.5. The molecule has 8 heteroatoms. The molecule has 0 bridgehead atoms. The van der Waals surface area contributed by atoms with Gasteiger partial charge in [-0.1, -0.05) is 18.2 Å². The molecule has 0 fully saturated rings. The molecule has 0 saturated carbocycles. The number of fused-ring (bicyclic) bond motifs is 1. The molecule has 5 nitrogen and oxygen atoms in total. The minimum absolute atomic E-state index is 0.0766. The number of ether oxygens (including phenoxy) is 1. The van der Waals surface area contributed by atoms with Crippen LogP contribution in [0.2, 0.25) is 0 Å². The number of para-hydroxylation sites is 1. The zero-order valence-electron chi connectivity index (χ0n) is 11.9. The van der Waals surface area contributed by atoms with Gasteiger partial charge in [-0.25, -0.2) is 9.97 Å². The lowest BCUT2D eigenvalue weighted by Crippen LogP contribution is -2.10. The maximum absolute atomic E-state index is 12.6. The Kier molecular flexibility index (Phi) is 4.27. The standard InChI is InChI=1S/C15H12BrF2N3O2/c1-8-12(21-7-9(16)6-19-15(21)20-8)13(22)10-4-2-3-5-11(10)23-14(17)18/h2-7,13-14,22H,1H3. The number of rotatable bonds is 4. The Morgan fingerprint density at radius 3 is 2.78 bits per heavy atom. The van der Waals surface area contributed by atoms with E-state index in [-0.39, 0.29) is 11.3 Å². The molecule has 0 aliphatic carbocycles. The van der Waals surface area contributed by atoms with E-state index >= 15 is 0 Å². The van der Waals surface area contributed by atoms with Crippen molar-refractivity contribution in [2.24, 2.45) is 0 Å². The predicted octanol–water partition coefficient (Wildman–Crippen LogP) is 3.48. The lowest BCUT2D eigenvalue weighted by molar-refractivity contribution is -0.0513. The molecule has 3 aromatic rings. The second-order valence-electron chi connectivity index (χ2n) is 4.84. The number of benzene rings is 1. The maximum Gasteiger partial charge on any atom is 0.387 e. The molecule has 0 aliphatic rings. The predicted molar refractivity (Wildman–Crippen MR) is 82.6 cm³/mol. The summed E-state index contributed by atoms with van der Waals surface area (Å²) in [5.41, 5.74) is 1.23. The molecule has 0 radical (unpaired) electrons. The highest BCUT2D eigenvalue weighted by Crippen LogP contribution is 2.32. The van der Waals surface area contributed by atoms with Crippen LogP contribution in [0.4, 0.5) is 8.78 Å². The number of aromatic nitrogens is 3. The number of aryl methyl sites for hydroxylation is 1. The number of aliphatic hydroxyl groups is 1. The smallest absolute Gasteiger partial charge is 0.387 e. The van der Waals surface area contributed by atoms with Gasteiger partial charge in [0.1, 0.15) is 11.9 Å². The molecule has 0 spiro atoms. The van der Waals surface area contributed by atoms with E-state index in [1.165, 1.54) is 12.1 Å². The highest BCUT2D eigenvalue weighted by molar-refractivity contribution is 9.10. The summed E-state index contributed by atoms with van der Waals surface area (Å²) in [6.07, 6.45) is 2.11. The third-order valence-electron chi connectivity index (χ3n) is 3.36. The van der Waals surface area contributed by atoms with Crippen molar-refractivity contribution in [3.05, 3.63) is 58.1 Å². The molecular weight excluding hydrogens is 372 g/mol. The summed E-state index contributed by atoms with van der Waals surface area (Å²) >= 11 is 3.31. The molecule has 2 heterocycles. The van der Waals surface area contributed by atoms with Gasteiger partial charge < -0.3 is 9.84 Å². The third-order valence-corrected chi connectivity index (χ3v) is 3.77. The van der Waals surface area contributed by atoms with E-state index in [2.05, 4.69) is 30.6 Å². The van der Waals surface area contributed by atoms with Crippen molar-refractivity contribution in [1.82, 2.24) is 14.4 Å². The Labute approximate surface area is 138 Å². The van der Waals surface area contributed by atoms with Crippen molar-refractivity contribution >= 4 is 21.7 Å². The lowest BCUT2D eigenvalue weighted by atomic mass is 10.0. The van der Waals surface area contributed by atoms with Crippen LogP contribution < -0.4 is 4.74 Å². The van der Waals surface area contributed by atoms with Gasteiger partial charge in [-0.15, -0.1) is 0 Å². The molecule has 0 saturated heterocycles. The van der Waals surface area contributed by atoms with Crippen molar-refractivity contribution in [2.45, 2.75) is 19.6 Å². The van der Waals surface area contributed by atoms with Crippen molar-refractivity contribution in [1.29, 1.82) is 0 Å². The Bertz CT molecular complexity index is 854. The summed E-state index contributed by atoms with van der Waals surface area (Å²) in [5.74, 6) is 0.333. The largest absolute Gasteiger partial charge is 0.434 e. The quantitative estimate of drug-likeness (QED) is 0.749. The molecular formula is C15H12BrF2N3O2. The first-order valence-electron chi connectivity index (χ1n) is 6.69. The molecule has 1 unspecified atom stereocenters. The van der Waals surface area contributed by atoms with E-state index in [1.54, 1.807) is 35.9 Å². The van der Waals surface area contributed by atoms with Gasteiger partial charge in [0.15, 0.2) is 0 Å². The number of aliphatic hydroxyl groups excluding tert-OH is 1. The first-order valence-corrected chi connectivity index (χ1v) is 7.48. The fraction of sp³-hybridized carbons (Fsp3) is 0.200. The SMILES string of the molecule is Cc1nc2ncc(Br)cn2c1C(O)c1ccccc1OC(F)F. The highest BCUT2D eigenvalue weighted by atomic mass is 79.9. The Morgan fingerprint density at radius 1 is 1.30 bits per heavy atom. The monoisotopic (exact) mass is 383 g/mol. The van der Waals surface area contributed by atoms with Crippen LogP contribution in [0.1, 0.15) is 23.1 Å². The van der Waals surface area contributed by atoms with Gasteiger partial charge in [-0.2, -0.15) is 8.78 Å². The topological polar surface area (TPSA) is 59.7 Å². The van der Waals surface area contributed by atoms with Crippen LogP contribution in [-0.2, 0) is 0 Å². The van der Waals surface area contributed by atoms with Gasteiger partial charge in [0.05, 0.1) is 15.9 Å². The molecule has 3 rings (SSSR count). The number of imidazole rings is 1. The van der Waals surface area contributed by atoms with E-state index in [9.17, 15) is 13.9 Å². The van der Waals surface area contributed by atoms with Crippen molar-refractivity contribution in [3.63, 3.8) is 0 Å². The second kappa shape index (κ2) is 6.21. The highest BCUT2D eigenvalue weighted by Gasteiger charge is 2.23. The molecule has 1 aromatic carbocycles. The normalized spacial score (nSPS) is 12.8. The second-order valence-corrected chi connectivity index (χ2v) is 5.76. The average molecular weight is 384 g/mol. The average Bonchev–Trinajstić information content (AvgIpc) is 2.81. The van der Waals surface area contributed by atoms with E-state index in [1.807, 2.05) is 0 Å². The van der Waals surface area contributed by atoms with Crippen LogP contribution >= 0.6 is 15.9 Å². The minimum atomic E-state index is -2.97. The molecule has 1 N–H and O–H groups in total. The summed E-state index contributed by atoms with van der Waals surface area (Å²) in [4.78, 5) is 8.43. The van der Waals surface area contributed by atoms with Crippen molar-refractivity contribution in [3.8, 4) is 5.75 Å². The third kappa shape index (κ3) is 3.04. The number of nitrogens with zero attached hydrogens (tertiary/aromatic N) is 3. The minimum Gasteiger partial charge on any atom is -0.434 e. The summed E-state index contributed by atoms with van der Waals surface area (Å²) in [7, 11) is 0. The maximum atomic E-state index is 12.6. The first-order chi connectivity index (χ1) is 11.0. The molecule has 120 valence electrons. The first kappa shape index (κ1) is 15.8. The number of hydrogen-bond donors (Lipinski definition) is 1. The van der Waals surface area contributed by atoms with E-state index < -0.39 is 12.7 Å². The summed E-state index contributed by atoms with van der Waals surface area (Å²) in [6, 6.07) is 6.13. The van der Waals surface area contributed by atoms with E-state index in [0.29, 0.717) is 21.6 Å². The number of halogens is 3. The van der Waals surface area contributed by atoms with Crippen LogP contribution in [-0.4, -0.2) is 26.1 Å². The van der Waals surface area contributed by atoms with Crippen LogP contribution in [0.3, 0.4) is 0 Å². The van der Waals surface area contributed by atoms with E-state index in [0.717, 1.165) is 0 Å². The van der Waals surface area contributed by atoms with Gasteiger partial charge in [0.25, 0.3) is 0 Å². The zero-order chi connectivity index (χ0) is 16.6. The molecule has 1 atom stereocenters. The Hall–Kier alpha value is -2.06. The summed E-state index contributed by atoms with van der Waals surface area (Å²) in [6.45, 7) is -1.25. The summed E-state index contributed by atoms with van der Waals surface area (Å²) < 4.78 is 31.9. The van der Waals surface area contributed by atoms with Crippen LogP contribution in [0, 0.1) is 6.92 Å². The van der Waals surface area contributed by atoms with Gasteiger partial charge in [0, 0.05) is 18.0 Å². The van der Waals surface area contributed by atoms with Crippen LogP contribution in [0.5, 0.6) is 5.75 Å². The van der Waals surface area contributed by atoms with Crippen LogP contribution in [0.25, 0.3) is 5.78 Å². The molecule has 0 aliphatic heterocycles. The number of hydrogen-bond acceptors (Lipinski definition) is 4. The molecule has 23 heavy (non-hydrogen) atoms. The van der Waals surface area contributed by atoms with Crippen molar-refractivity contribution in [2.75, 3.05) is 0 Å². The van der Waals surface area contributed by atoms with Crippen LogP contribution in [0.15, 0.2) is 41.1 Å². The van der Waals surface area contributed by atoms with Crippen molar-refractivity contribution < 1.29 is 18.6 Å². The lowest BCUT2D eigenvalue weighted by Gasteiger charge is -2.16. The Balaban J connectivity index is 2.13. The molecule has 0 amide bonds. The van der Waals surface area contributed by atoms with Gasteiger partial charge >= 0.3 is 6.61 Å². The fourth-order valence-electron chi connectivity index (χ4n) is 2.42. The number of alkyl halides is 2. The Morgan fingerprint density at radius 2 is 2.04 bits per heavy atom. The van der Waals surface area contributed by atoms with E-state index in [4.69, 9.17) is 0 Å². The van der Waals surface area contributed by atoms with Gasteiger partial charge in [-0.3, -0.25) is 4.40 Å². The summed E-state index contributed by atoms with van der Waals surface area (Å²) in [5, 5.41) is 10.7. The van der Waals surface area contributed by atoms with Gasteiger partial charge in [0.2, 0.25) is 5.78 Å². The fourth-order valence-corrected chi connectivity index (χ4v) is 2.73.